The molecule has 1 aromatic carbocycles. The Labute approximate surface area is 287 Å². The van der Waals surface area contributed by atoms with Gasteiger partial charge in [0.05, 0.1) is 13.2 Å². The summed E-state index contributed by atoms with van der Waals surface area (Å²) in [5.74, 6) is -0.589. The second kappa shape index (κ2) is 27.7. The highest BCUT2D eigenvalue weighted by Crippen LogP contribution is 2.43. The molecule has 0 spiro atoms. The Bertz CT molecular complexity index is 740. The normalized spacial score (nSPS) is 12.9. The molecule has 0 amide bonds. The summed E-state index contributed by atoms with van der Waals surface area (Å²) in [5.41, 5.74) is 0. The zero-order chi connectivity index (χ0) is 32.4. The van der Waals surface area contributed by atoms with Crippen LogP contribution < -0.4 is 9.47 Å². The van der Waals surface area contributed by atoms with Gasteiger partial charge in [-0.3, -0.25) is 0 Å². The van der Waals surface area contributed by atoms with Crippen LogP contribution in [0.4, 0.5) is 8.78 Å². The number of unbranched alkanes of at least 4 members (excludes halogenated alkanes) is 16. The molecular formula is C38H66Br2F2O2. The van der Waals surface area contributed by atoms with Crippen LogP contribution in [-0.4, -0.2) is 13.2 Å². The molecule has 2 unspecified atom stereocenters. The maximum atomic E-state index is 15.6. The Hall–Kier alpha value is -0.360. The highest BCUT2D eigenvalue weighted by Gasteiger charge is 2.26. The molecule has 0 aliphatic rings. The van der Waals surface area contributed by atoms with Gasteiger partial charge in [-0.1, -0.05) is 156 Å². The second-order valence-corrected chi connectivity index (χ2v) is 14.7. The van der Waals surface area contributed by atoms with Crippen molar-refractivity contribution in [3.8, 4) is 11.5 Å². The maximum Gasteiger partial charge on any atom is 0.184 e. The smallest absolute Gasteiger partial charge is 0.184 e. The van der Waals surface area contributed by atoms with Crippen LogP contribution in [-0.2, 0) is 0 Å². The molecule has 0 aromatic heterocycles. The van der Waals surface area contributed by atoms with Crippen molar-refractivity contribution in [1.82, 2.24) is 0 Å². The van der Waals surface area contributed by atoms with Gasteiger partial charge in [0.15, 0.2) is 23.1 Å². The Morgan fingerprint density at radius 3 is 0.977 bits per heavy atom. The van der Waals surface area contributed by atoms with Crippen LogP contribution in [0.15, 0.2) is 8.95 Å². The van der Waals surface area contributed by atoms with Gasteiger partial charge in [0.25, 0.3) is 0 Å². The topological polar surface area (TPSA) is 18.5 Å². The summed E-state index contributed by atoms with van der Waals surface area (Å²) in [6, 6.07) is 0. The molecule has 0 bridgehead atoms. The van der Waals surface area contributed by atoms with E-state index in [1.807, 2.05) is 0 Å². The third-order valence-electron chi connectivity index (χ3n) is 8.97. The molecule has 0 aliphatic heterocycles. The minimum Gasteiger partial charge on any atom is -0.489 e. The number of rotatable bonds is 30. The van der Waals surface area contributed by atoms with Gasteiger partial charge < -0.3 is 9.47 Å². The summed E-state index contributed by atoms with van der Waals surface area (Å²) in [4.78, 5) is 0. The first-order chi connectivity index (χ1) is 21.4. The van der Waals surface area contributed by atoms with Gasteiger partial charge in [0, 0.05) is 0 Å². The van der Waals surface area contributed by atoms with Crippen LogP contribution in [0.5, 0.6) is 11.5 Å². The van der Waals surface area contributed by atoms with Crippen LogP contribution in [0, 0.1) is 23.5 Å². The highest BCUT2D eigenvalue weighted by atomic mass is 79.9. The largest absolute Gasteiger partial charge is 0.489 e. The summed E-state index contributed by atoms with van der Waals surface area (Å²) in [7, 11) is 0. The molecule has 0 fully saturated rings. The van der Waals surface area contributed by atoms with Gasteiger partial charge in [0.2, 0.25) is 0 Å². The van der Waals surface area contributed by atoms with Crippen LogP contribution >= 0.6 is 31.9 Å². The molecule has 2 nitrogen and oxygen atoms in total. The lowest BCUT2D eigenvalue weighted by Crippen LogP contribution is -2.16. The van der Waals surface area contributed by atoms with Crippen LogP contribution in [0.25, 0.3) is 0 Å². The number of ether oxygens (including phenoxy) is 2. The van der Waals surface area contributed by atoms with Gasteiger partial charge in [0.1, 0.15) is 8.95 Å². The molecule has 44 heavy (non-hydrogen) atoms. The fourth-order valence-corrected chi connectivity index (χ4v) is 6.95. The van der Waals surface area contributed by atoms with E-state index >= 15 is 8.78 Å². The highest BCUT2D eigenvalue weighted by molar-refractivity contribution is 9.11. The van der Waals surface area contributed by atoms with Crippen LogP contribution in [0.1, 0.15) is 182 Å². The molecule has 0 saturated carbocycles. The van der Waals surface area contributed by atoms with Crippen molar-refractivity contribution in [2.45, 2.75) is 182 Å². The van der Waals surface area contributed by atoms with Crippen molar-refractivity contribution in [3.63, 3.8) is 0 Å². The molecule has 2 atom stereocenters. The van der Waals surface area contributed by atoms with E-state index in [0.717, 1.165) is 38.5 Å². The van der Waals surface area contributed by atoms with Crippen LogP contribution in [0.3, 0.4) is 0 Å². The molecule has 6 heteroatoms. The summed E-state index contributed by atoms with van der Waals surface area (Å²) in [5, 5.41) is 0. The third-order valence-corrected chi connectivity index (χ3v) is 10.4. The van der Waals surface area contributed by atoms with Gasteiger partial charge in [-0.05, 0) is 69.4 Å². The molecule has 1 rings (SSSR count). The molecule has 258 valence electrons. The predicted octanol–water partition coefficient (Wildman–Crippen LogP) is 14.9. The predicted molar refractivity (Wildman–Crippen MR) is 193 cm³/mol. The fraction of sp³-hybridized carbons (Fsp3) is 0.842. The molecule has 0 saturated heterocycles. The quantitative estimate of drug-likeness (QED) is 0.0576. The van der Waals surface area contributed by atoms with E-state index in [1.54, 1.807) is 0 Å². The van der Waals surface area contributed by atoms with Crippen molar-refractivity contribution < 1.29 is 18.3 Å². The summed E-state index contributed by atoms with van der Waals surface area (Å²) < 4.78 is 43.4. The molecular weight excluding hydrogens is 686 g/mol. The van der Waals surface area contributed by atoms with Crippen molar-refractivity contribution in [3.05, 3.63) is 20.6 Å². The lowest BCUT2D eigenvalue weighted by atomic mass is 9.95. The lowest BCUT2D eigenvalue weighted by molar-refractivity contribution is 0.203. The van der Waals surface area contributed by atoms with Gasteiger partial charge >= 0.3 is 0 Å². The van der Waals surface area contributed by atoms with Gasteiger partial charge in [-0.25, -0.2) is 8.78 Å². The van der Waals surface area contributed by atoms with Crippen molar-refractivity contribution in [1.29, 1.82) is 0 Å². The zero-order valence-corrected chi connectivity index (χ0v) is 32.0. The first-order valence-electron chi connectivity index (χ1n) is 18.5. The number of hydrogen-bond acceptors (Lipinski definition) is 2. The molecule has 0 heterocycles. The van der Waals surface area contributed by atoms with Gasteiger partial charge in [-0.2, -0.15) is 0 Å². The Kier molecular flexibility index (Phi) is 26.3. The number of hydrogen-bond donors (Lipinski definition) is 0. The molecule has 0 radical (unpaired) electrons. The standard InChI is InChI=1S/C38H66Br2F2O2/c1-5-9-13-17-19-23-27-31(25-21-15-11-7-3)29-43-37-33(39)36(42)38(34(40)35(37)41)44-30-32(26-22-16-12-8-4)28-24-20-18-14-10-6-2/h31-32H,5-30H2,1-4H3. The first-order valence-corrected chi connectivity index (χ1v) is 20.1. The van der Waals surface area contributed by atoms with Gasteiger partial charge in [-0.15, -0.1) is 0 Å². The van der Waals surface area contributed by atoms with E-state index in [4.69, 9.17) is 9.47 Å². The fourth-order valence-electron chi connectivity index (χ4n) is 6.02. The zero-order valence-electron chi connectivity index (χ0n) is 28.9. The average molecular weight is 753 g/mol. The molecule has 1 aromatic rings. The van der Waals surface area contributed by atoms with E-state index in [9.17, 15) is 0 Å². The minimum absolute atomic E-state index is 0.0212. The Morgan fingerprint density at radius 2 is 0.682 bits per heavy atom. The summed E-state index contributed by atoms with van der Waals surface area (Å²) in [6.45, 7) is 9.73. The summed E-state index contributed by atoms with van der Waals surface area (Å²) in [6.07, 6.45) is 28.9. The lowest BCUT2D eigenvalue weighted by Gasteiger charge is -2.22. The second-order valence-electron chi connectivity index (χ2n) is 13.1. The first kappa shape index (κ1) is 41.7. The van der Waals surface area contributed by atoms with E-state index < -0.39 is 11.6 Å². The number of halogens is 4. The molecule has 0 aliphatic carbocycles. The third kappa shape index (κ3) is 18.1. The van der Waals surface area contributed by atoms with E-state index in [1.165, 1.54) is 116 Å². The van der Waals surface area contributed by atoms with E-state index in [-0.39, 0.29) is 20.4 Å². The van der Waals surface area contributed by atoms with E-state index in [2.05, 4.69) is 59.6 Å². The van der Waals surface area contributed by atoms with Crippen molar-refractivity contribution >= 4 is 31.9 Å². The van der Waals surface area contributed by atoms with Crippen molar-refractivity contribution in [2.24, 2.45) is 11.8 Å². The summed E-state index contributed by atoms with van der Waals surface area (Å²) >= 11 is 6.65. The average Bonchev–Trinajstić information content (AvgIpc) is 3.02. The molecule has 0 N–H and O–H groups in total. The number of benzene rings is 1. The Morgan fingerprint density at radius 1 is 0.432 bits per heavy atom. The Balaban J connectivity index is 2.85. The van der Waals surface area contributed by atoms with Crippen LogP contribution in [0.2, 0.25) is 0 Å². The minimum atomic E-state index is -0.590. The monoisotopic (exact) mass is 750 g/mol. The van der Waals surface area contributed by atoms with Crippen molar-refractivity contribution in [2.75, 3.05) is 13.2 Å². The maximum absolute atomic E-state index is 15.6. The van der Waals surface area contributed by atoms with E-state index in [0.29, 0.717) is 25.0 Å². The SMILES string of the molecule is CCCCCCCCC(CCCCCC)COc1c(F)c(Br)c(OCC(CCCCCC)CCCCCCCC)c(F)c1Br.